The Balaban J connectivity index is 1.44. The zero-order valence-electron chi connectivity index (χ0n) is 13.7. The van der Waals surface area contributed by atoms with Crippen molar-refractivity contribution >= 4 is 11.6 Å². The predicted octanol–water partition coefficient (Wildman–Crippen LogP) is 3.08. The molecule has 1 amide bonds. The van der Waals surface area contributed by atoms with Gasteiger partial charge in [0.25, 0.3) is 5.56 Å². The number of rotatable bonds is 4. The van der Waals surface area contributed by atoms with Gasteiger partial charge < -0.3 is 14.7 Å². The molecule has 0 aliphatic heterocycles. The number of hydrogen-bond acceptors (Lipinski definition) is 4. The lowest BCUT2D eigenvalue weighted by molar-refractivity contribution is -0.117. The van der Waals surface area contributed by atoms with E-state index in [4.69, 9.17) is 4.42 Å². The van der Waals surface area contributed by atoms with Crippen molar-refractivity contribution in [2.24, 2.45) is 5.92 Å². The standard InChI is InChI=1S/C19H17N3O3/c1-11-9-17(23)22-18(20-11)12-4-6-13(7-5-12)21-19(24)15-10-14(15)16-3-2-8-25-16/h2-9,14-15H,10H2,1H3,(H,21,24)(H,20,22,23). The van der Waals surface area contributed by atoms with Crippen LogP contribution in [-0.4, -0.2) is 15.9 Å². The van der Waals surface area contributed by atoms with Gasteiger partial charge in [-0.05, 0) is 49.7 Å². The summed E-state index contributed by atoms with van der Waals surface area (Å²) in [6, 6.07) is 12.4. The minimum Gasteiger partial charge on any atom is -0.469 e. The van der Waals surface area contributed by atoms with Gasteiger partial charge in [0.15, 0.2) is 0 Å². The average molecular weight is 335 g/mol. The van der Waals surface area contributed by atoms with E-state index >= 15 is 0 Å². The van der Waals surface area contributed by atoms with Gasteiger partial charge in [0.05, 0.1) is 6.26 Å². The molecule has 126 valence electrons. The van der Waals surface area contributed by atoms with Crippen molar-refractivity contribution in [1.29, 1.82) is 0 Å². The van der Waals surface area contributed by atoms with E-state index < -0.39 is 0 Å². The summed E-state index contributed by atoms with van der Waals surface area (Å²) in [5.74, 6) is 1.51. The first-order chi connectivity index (χ1) is 12.1. The Morgan fingerprint density at radius 3 is 2.76 bits per heavy atom. The number of H-pyrrole nitrogens is 1. The lowest BCUT2D eigenvalue weighted by Gasteiger charge is -2.06. The smallest absolute Gasteiger partial charge is 0.251 e. The van der Waals surface area contributed by atoms with Crippen molar-refractivity contribution in [2.75, 3.05) is 5.32 Å². The fourth-order valence-corrected chi connectivity index (χ4v) is 2.96. The Morgan fingerprint density at radius 2 is 2.08 bits per heavy atom. The van der Waals surface area contributed by atoms with Crippen LogP contribution in [0.2, 0.25) is 0 Å². The van der Waals surface area contributed by atoms with Gasteiger partial charge in [0.1, 0.15) is 11.6 Å². The van der Waals surface area contributed by atoms with Gasteiger partial charge in [0, 0.05) is 34.8 Å². The van der Waals surface area contributed by atoms with E-state index in [9.17, 15) is 9.59 Å². The molecule has 2 atom stereocenters. The van der Waals surface area contributed by atoms with E-state index in [1.165, 1.54) is 6.07 Å². The molecule has 1 aromatic carbocycles. The maximum atomic E-state index is 12.3. The van der Waals surface area contributed by atoms with Crippen LogP contribution >= 0.6 is 0 Å². The first-order valence-corrected chi connectivity index (χ1v) is 8.13. The molecule has 2 N–H and O–H groups in total. The molecule has 2 unspecified atom stereocenters. The Labute approximate surface area is 143 Å². The molecule has 6 nitrogen and oxygen atoms in total. The van der Waals surface area contributed by atoms with E-state index in [1.807, 2.05) is 24.3 Å². The molecule has 1 aliphatic carbocycles. The molecule has 1 saturated carbocycles. The molecule has 0 saturated heterocycles. The number of hydrogen-bond donors (Lipinski definition) is 2. The monoisotopic (exact) mass is 335 g/mol. The Bertz CT molecular complexity index is 958. The zero-order valence-corrected chi connectivity index (χ0v) is 13.7. The first kappa shape index (κ1) is 15.4. The summed E-state index contributed by atoms with van der Waals surface area (Å²) in [7, 11) is 0. The number of furan rings is 1. The van der Waals surface area contributed by atoms with Crippen molar-refractivity contribution in [3.63, 3.8) is 0 Å². The highest BCUT2D eigenvalue weighted by Gasteiger charge is 2.45. The van der Waals surface area contributed by atoms with Crippen LogP contribution in [0.5, 0.6) is 0 Å². The Hall–Kier alpha value is -3.15. The number of aryl methyl sites for hydroxylation is 1. The summed E-state index contributed by atoms with van der Waals surface area (Å²) in [4.78, 5) is 30.9. The summed E-state index contributed by atoms with van der Waals surface area (Å²) in [5, 5.41) is 2.92. The third-order valence-corrected chi connectivity index (χ3v) is 4.33. The number of anilines is 1. The van der Waals surface area contributed by atoms with E-state index in [-0.39, 0.29) is 23.3 Å². The SMILES string of the molecule is Cc1cc(=O)[nH]c(-c2ccc(NC(=O)C3CC3c3ccco3)cc2)n1. The predicted molar refractivity (Wildman–Crippen MR) is 93.2 cm³/mol. The summed E-state index contributed by atoms with van der Waals surface area (Å²) in [6.45, 7) is 1.78. The molecule has 2 heterocycles. The summed E-state index contributed by atoms with van der Waals surface area (Å²) in [5.41, 5.74) is 1.99. The topological polar surface area (TPSA) is 88.0 Å². The van der Waals surface area contributed by atoms with Crippen molar-refractivity contribution < 1.29 is 9.21 Å². The average Bonchev–Trinajstić information content (AvgIpc) is 3.20. The number of aromatic nitrogens is 2. The minimum absolute atomic E-state index is 0.00348. The van der Waals surface area contributed by atoms with Gasteiger partial charge in [-0.25, -0.2) is 4.98 Å². The number of carbonyl (C=O) groups excluding carboxylic acids is 1. The molecular formula is C19H17N3O3. The van der Waals surface area contributed by atoms with Crippen LogP contribution in [0.1, 0.15) is 23.8 Å². The van der Waals surface area contributed by atoms with E-state index in [1.54, 1.807) is 25.3 Å². The van der Waals surface area contributed by atoms with Gasteiger partial charge in [0.2, 0.25) is 5.91 Å². The van der Waals surface area contributed by atoms with Crippen LogP contribution in [-0.2, 0) is 4.79 Å². The summed E-state index contributed by atoms with van der Waals surface area (Å²) < 4.78 is 5.36. The highest BCUT2D eigenvalue weighted by Crippen LogP contribution is 2.48. The molecular weight excluding hydrogens is 318 g/mol. The molecule has 0 radical (unpaired) electrons. The molecule has 0 spiro atoms. The van der Waals surface area contributed by atoms with Crippen LogP contribution in [0.4, 0.5) is 5.69 Å². The molecule has 3 aromatic rings. The molecule has 0 bridgehead atoms. The van der Waals surface area contributed by atoms with Crippen molar-refractivity contribution in [2.45, 2.75) is 19.3 Å². The third kappa shape index (κ3) is 3.24. The number of carbonyl (C=O) groups is 1. The lowest BCUT2D eigenvalue weighted by atomic mass is 10.2. The minimum atomic E-state index is -0.183. The first-order valence-electron chi connectivity index (χ1n) is 8.13. The lowest BCUT2D eigenvalue weighted by Crippen LogP contribution is -2.14. The van der Waals surface area contributed by atoms with Crippen LogP contribution in [0.25, 0.3) is 11.4 Å². The maximum absolute atomic E-state index is 12.3. The zero-order chi connectivity index (χ0) is 17.4. The number of aromatic amines is 1. The summed E-state index contributed by atoms with van der Waals surface area (Å²) in [6.07, 6.45) is 2.44. The van der Waals surface area contributed by atoms with E-state index in [0.29, 0.717) is 17.2 Å². The highest BCUT2D eigenvalue weighted by atomic mass is 16.3. The maximum Gasteiger partial charge on any atom is 0.251 e. The number of nitrogens with zero attached hydrogens (tertiary/aromatic N) is 1. The van der Waals surface area contributed by atoms with Crippen LogP contribution in [0.3, 0.4) is 0 Å². The molecule has 25 heavy (non-hydrogen) atoms. The van der Waals surface area contributed by atoms with Crippen LogP contribution < -0.4 is 10.9 Å². The van der Waals surface area contributed by atoms with Gasteiger partial charge in [-0.3, -0.25) is 9.59 Å². The molecule has 4 rings (SSSR count). The van der Waals surface area contributed by atoms with Gasteiger partial charge in [-0.2, -0.15) is 0 Å². The molecule has 6 heteroatoms. The van der Waals surface area contributed by atoms with Crippen LogP contribution in [0.15, 0.2) is 57.9 Å². The van der Waals surface area contributed by atoms with Gasteiger partial charge in [-0.1, -0.05) is 0 Å². The van der Waals surface area contributed by atoms with Gasteiger partial charge >= 0.3 is 0 Å². The second kappa shape index (κ2) is 6.05. The van der Waals surface area contributed by atoms with Crippen molar-refractivity contribution in [3.05, 3.63) is 70.5 Å². The van der Waals surface area contributed by atoms with Crippen LogP contribution in [0, 0.1) is 12.8 Å². The number of nitrogens with one attached hydrogen (secondary N) is 2. The Kier molecular flexibility index (Phi) is 3.72. The second-order valence-electron chi connectivity index (χ2n) is 6.27. The summed E-state index contributed by atoms with van der Waals surface area (Å²) >= 11 is 0. The van der Waals surface area contributed by atoms with Gasteiger partial charge in [-0.15, -0.1) is 0 Å². The van der Waals surface area contributed by atoms with E-state index in [0.717, 1.165) is 17.7 Å². The molecule has 2 aromatic heterocycles. The largest absolute Gasteiger partial charge is 0.469 e. The number of amides is 1. The Morgan fingerprint density at radius 1 is 1.28 bits per heavy atom. The van der Waals surface area contributed by atoms with Crippen molar-refractivity contribution in [1.82, 2.24) is 9.97 Å². The molecule has 1 aliphatic rings. The quantitative estimate of drug-likeness (QED) is 0.767. The van der Waals surface area contributed by atoms with Crippen molar-refractivity contribution in [3.8, 4) is 11.4 Å². The normalized spacial score (nSPS) is 18.8. The highest BCUT2D eigenvalue weighted by molar-refractivity contribution is 5.95. The fourth-order valence-electron chi connectivity index (χ4n) is 2.96. The fraction of sp³-hybridized carbons (Fsp3) is 0.211. The third-order valence-electron chi connectivity index (χ3n) is 4.33. The molecule has 1 fully saturated rings. The number of benzene rings is 1. The van der Waals surface area contributed by atoms with E-state index in [2.05, 4.69) is 15.3 Å². The second-order valence-corrected chi connectivity index (χ2v) is 6.27.